The normalized spacial score (nSPS) is 14.0. The number of carbonyl (C=O) groups excluding carboxylic acids is 1. The Morgan fingerprint density at radius 2 is 1.68 bits per heavy atom. The lowest BCUT2D eigenvalue weighted by Gasteiger charge is -2.35. The van der Waals surface area contributed by atoms with Crippen molar-refractivity contribution >= 4 is 11.7 Å². The zero-order chi connectivity index (χ0) is 19.3. The molecule has 3 aromatic rings. The third kappa shape index (κ3) is 3.78. The van der Waals surface area contributed by atoms with Crippen LogP contribution in [0.4, 0.5) is 5.82 Å². The molecule has 28 heavy (non-hydrogen) atoms. The van der Waals surface area contributed by atoms with Crippen molar-refractivity contribution in [3.8, 4) is 17.1 Å². The topological polar surface area (TPSA) is 71.5 Å². The Kier molecular flexibility index (Phi) is 5.14. The van der Waals surface area contributed by atoms with Crippen LogP contribution in [0.2, 0.25) is 0 Å². The minimum atomic E-state index is 0.0406. The molecule has 1 amide bonds. The van der Waals surface area contributed by atoms with Crippen LogP contribution in [0.1, 0.15) is 10.4 Å². The molecule has 4 rings (SSSR count). The van der Waals surface area contributed by atoms with Crippen molar-refractivity contribution in [3.05, 3.63) is 66.4 Å². The van der Waals surface area contributed by atoms with Gasteiger partial charge in [0, 0.05) is 37.9 Å². The predicted molar refractivity (Wildman–Crippen MR) is 106 cm³/mol. The standard InChI is InChI=1S/C21H21N5O2/c1-28-17-7-5-16(6-8-17)21(27)26-14-12-25(13-15-26)20-10-9-19(23-24-20)18-4-2-3-11-22-18/h2-11H,12-15H2,1H3. The van der Waals surface area contributed by atoms with Crippen LogP contribution in [0.25, 0.3) is 11.4 Å². The number of methoxy groups -OCH3 is 1. The average molecular weight is 375 g/mol. The lowest BCUT2D eigenvalue weighted by Crippen LogP contribution is -2.49. The lowest BCUT2D eigenvalue weighted by molar-refractivity contribution is 0.0746. The fourth-order valence-corrected chi connectivity index (χ4v) is 3.20. The maximum atomic E-state index is 12.7. The van der Waals surface area contributed by atoms with Gasteiger partial charge in [0.25, 0.3) is 5.91 Å². The van der Waals surface area contributed by atoms with Crippen LogP contribution >= 0.6 is 0 Å². The highest BCUT2D eigenvalue weighted by Gasteiger charge is 2.23. The highest BCUT2D eigenvalue weighted by atomic mass is 16.5. The summed E-state index contributed by atoms with van der Waals surface area (Å²) < 4.78 is 5.15. The van der Waals surface area contributed by atoms with E-state index in [1.54, 1.807) is 25.4 Å². The molecule has 142 valence electrons. The van der Waals surface area contributed by atoms with Gasteiger partial charge >= 0.3 is 0 Å². The predicted octanol–water partition coefficient (Wildman–Crippen LogP) is 2.51. The molecule has 1 aromatic carbocycles. The summed E-state index contributed by atoms with van der Waals surface area (Å²) in [5, 5.41) is 8.64. The molecule has 0 aliphatic carbocycles. The zero-order valence-corrected chi connectivity index (χ0v) is 15.7. The van der Waals surface area contributed by atoms with E-state index in [-0.39, 0.29) is 5.91 Å². The van der Waals surface area contributed by atoms with Crippen LogP contribution in [0.5, 0.6) is 5.75 Å². The van der Waals surface area contributed by atoms with Gasteiger partial charge in [-0.25, -0.2) is 0 Å². The van der Waals surface area contributed by atoms with Crippen LogP contribution in [-0.2, 0) is 0 Å². The zero-order valence-electron chi connectivity index (χ0n) is 15.7. The van der Waals surface area contributed by atoms with Gasteiger partial charge in [-0.05, 0) is 48.5 Å². The summed E-state index contributed by atoms with van der Waals surface area (Å²) in [6.07, 6.45) is 1.74. The van der Waals surface area contributed by atoms with Crippen LogP contribution in [0.3, 0.4) is 0 Å². The largest absolute Gasteiger partial charge is 0.497 e. The summed E-state index contributed by atoms with van der Waals surface area (Å²) in [6, 6.07) is 16.8. The van der Waals surface area contributed by atoms with Crippen molar-refractivity contribution in [2.45, 2.75) is 0 Å². The van der Waals surface area contributed by atoms with Gasteiger partial charge in [0.1, 0.15) is 11.4 Å². The first-order valence-electron chi connectivity index (χ1n) is 9.18. The number of aromatic nitrogens is 3. The number of piperazine rings is 1. The molecule has 2 aromatic heterocycles. The van der Waals surface area contributed by atoms with Crippen molar-refractivity contribution in [2.75, 3.05) is 38.2 Å². The second-order valence-corrected chi connectivity index (χ2v) is 6.50. The van der Waals surface area contributed by atoms with E-state index in [0.29, 0.717) is 18.7 Å². The molecular formula is C21H21N5O2. The minimum absolute atomic E-state index is 0.0406. The van der Waals surface area contributed by atoms with Gasteiger partial charge in [0.2, 0.25) is 0 Å². The maximum Gasteiger partial charge on any atom is 0.253 e. The molecule has 0 saturated carbocycles. The highest BCUT2D eigenvalue weighted by Crippen LogP contribution is 2.19. The van der Waals surface area contributed by atoms with E-state index >= 15 is 0 Å². The second-order valence-electron chi connectivity index (χ2n) is 6.50. The van der Waals surface area contributed by atoms with Crippen LogP contribution in [0.15, 0.2) is 60.8 Å². The molecule has 7 nitrogen and oxygen atoms in total. The Bertz CT molecular complexity index is 921. The molecule has 1 aliphatic heterocycles. The maximum absolute atomic E-state index is 12.7. The highest BCUT2D eigenvalue weighted by molar-refractivity contribution is 5.94. The van der Waals surface area contributed by atoms with E-state index < -0.39 is 0 Å². The molecule has 0 unspecified atom stereocenters. The first-order valence-corrected chi connectivity index (χ1v) is 9.18. The SMILES string of the molecule is COc1ccc(C(=O)N2CCN(c3ccc(-c4ccccn4)nn3)CC2)cc1. The minimum Gasteiger partial charge on any atom is -0.497 e. The third-order valence-corrected chi connectivity index (χ3v) is 4.81. The number of hydrogen-bond donors (Lipinski definition) is 0. The Labute approximate surface area is 163 Å². The number of hydrogen-bond acceptors (Lipinski definition) is 6. The van der Waals surface area contributed by atoms with Crippen molar-refractivity contribution in [1.29, 1.82) is 0 Å². The number of benzene rings is 1. The van der Waals surface area contributed by atoms with Crippen LogP contribution in [-0.4, -0.2) is 59.3 Å². The Morgan fingerprint density at radius 3 is 2.29 bits per heavy atom. The molecular weight excluding hydrogens is 354 g/mol. The quantitative estimate of drug-likeness (QED) is 0.698. The fraction of sp³-hybridized carbons (Fsp3) is 0.238. The Hall–Kier alpha value is -3.48. The van der Waals surface area contributed by atoms with Crippen molar-refractivity contribution in [3.63, 3.8) is 0 Å². The number of carbonyl (C=O) groups is 1. The summed E-state index contributed by atoms with van der Waals surface area (Å²) in [4.78, 5) is 21.0. The van der Waals surface area contributed by atoms with Gasteiger partial charge in [-0.1, -0.05) is 6.07 Å². The number of ether oxygens (including phenoxy) is 1. The van der Waals surface area contributed by atoms with E-state index in [4.69, 9.17) is 4.74 Å². The second kappa shape index (κ2) is 8.04. The third-order valence-electron chi connectivity index (χ3n) is 4.81. The summed E-state index contributed by atoms with van der Waals surface area (Å²) in [5.74, 6) is 1.60. The molecule has 0 N–H and O–H groups in total. The number of anilines is 1. The van der Waals surface area contributed by atoms with E-state index in [0.717, 1.165) is 36.0 Å². The fourth-order valence-electron chi connectivity index (χ4n) is 3.20. The molecule has 7 heteroatoms. The first kappa shape index (κ1) is 17.9. The molecule has 1 aliphatic rings. The first-order chi connectivity index (χ1) is 13.7. The van der Waals surface area contributed by atoms with Gasteiger partial charge in [0.05, 0.1) is 12.8 Å². The molecule has 0 spiro atoms. The summed E-state index contributed by atoms with van der Waals surface area (Å²) >= 11 is 0. The molecule has 1 saturated heterocycles. The van der Waals surface area contributed by atoms with Gasteiger partial charge < -0.3 is 14.5 Å². The number of rotatable bonds is 4. The Morgan fingerprint density at radius 1 is 0.893 bits per heavy atom. The van der Waals surface area contributed by atoms with Gasteiger partial charge in [-0.2, -0.15) is 0 Å². The van der Waals surface area contributed by atoms with Crippen LogP contribution in [0, 0.1) is 0 Å². The van der Waals surface area contributed by atoms with Gasteiger partial charge in [-0.15, -0.1) is 10.2 Å². The van der Waals surface area contributed by atoms with Crippen molar-refractivity contribution < 1.29 is 9.53 Å². The summed E-state index contributed by atoms with van der Waals surface area (Å²) in [6.45, 7) is 2.74. The van der Waals surface area contributed by atoms with Gasteiger partial charge in [0.15, 0.2) is 5.82 Å². The van der Waals surface area contributed by atoms with E-state index in [1.807, 2.05) is 47.4 Å². The molecule has 0 bridgehead atoms. The summed E-state index contributed by atoms with van der Waals surface area (Å²) in [5.41, 5.74) is 2.22. The number of nitrogens with zero attached hydrogens (tertiary/aromatic N) is 5. The average Bonchev–Trinajstić information content (AvgIpc) is 2.79. The van der Waals surface area contributed by atoms with E-state index in [1.165, 1.54) is 0 Å². The molecule has 1 fully saturated rings. The van der Waals surface area contributed by atoms with Crippen molar-refractivity contribution in [1.82, 2.24) is 20.1 Å². The van der Waals surface area contributed by atoms with E-state index in [9.17, 15) is 4.79 Å². The van der Waals surface area contributed by atoms with Crippen LogP contribution < -0.4 is 9.64 Å². The van der Waals surface area contributed by atoms with E-state index in [2.05, 4.69) is 20.1 Å². The molecule has 0 atom stereocenters. The monoisotopic (exact) mass is 375 g/mol. The van der Waals surface area contributed by atoms with Gasteiger partial charge in [-0.3, -0.25) is 9.78 Å². The lowest BCUT2D eigenvalue weighted by atomic mass is 10.1. The smallest absolute Gasteiger partial charge is 0.253 e. The number of pyridine rings is 1. The molecule has 3 heterocycles. The van der Waals surface area contributed by atoms with Crippen molar-refractivity contribution in [2.24, 2.45) is 0 Å². The molecule has 0 radical (unpaired) electrons. The summed E-state index contributed by atoms with van der Waals surface area (Å²) in [7, 11) is 1.61. The number of amides is 1. The Balaban J connectivity index is 1.37.